The Balaban J connectivity index is 1.94. The minimum atomic E-state index is -0.198. The van der Waals surface area contributed by atoms with Crippen molar-refractivity contribution in [3.63, 3.8) is 0 Å². The molecule has 1 heterocycles. The molecule has 1 amide bonds. The number of methoxy groups -OCH3 is 2. The predicted octanol–water partition coefficient (Wildman–Crippen LogP) is 2.48. The first kappa shape index (κ1) is 17.1. The molecule has 0 fully saturated rings. The summed E-state index contributed by atoms with van der Waals surface area (Å²) in [6.07, 6.45) is 3.45. The molecule has 0 saturated heterocycles. The van der Waals surface area contributed by atoms with Crippen LogP contribution in [0.1, 0.15) is 5.56 Å². The van der Waals surface area contributed by atoms with Crippen molar-refractivity contribution in [3.05, 3.63) is 47.2 Å². The lowest BCUT2D eigenvalue weighted by Crippen LogP contribution is -2.27. The topological polar surface area (TPSA) is 72.5 Å². The van der Waals surface area contributed by atoms with Gasteiger partial charge < -0.3 is 20.1 Å². The van der Waals surface area contributed by atoms with Gasteiger partial charge in [0.1, 0.15) is 11.5 Å². The van der Waals surface area contributed by atoms with Crippen LogP contribution in [0.25, 0.3) is 0 Å². The molecule has 0 atom stereocenters. The molecule has 6 nitrogen and oxygen atoms in total. The average molecular weight is 336 g/mol. The summed E-state index contributed by atoms with van der Waals surface area (Å²) in [7, 11) is 3.02. The first-order chi connectivity index (χ1) is 11.1. The number of anilines is 1. The second kappa shape index (κ2) is 8.36. The van der Waals surface area contributed by atoms with E-state index in [1.165, 1.54) is 14.2 Å². The summed E-state index contributed by atoms with van der Waals surface area (Å²) < 4.78 is 10.4. The Morgan fingerprint density at radius 1 is 1.26 bits per heavy atom. The first-order valence-corrected chi connectivity index (χ1v) is 7.33. The Morgan fingerprint density at radius 3 is 2.70 bits per heavy atom. The van der Waals surface area contributed by atoms with Gasteiger partial charge >= 0.3 is 0 Å². The van der Waals surface area contributed by atoms with Crippen LogP contribution >= 0.6 is 11.6 Å². The van der Waals surface area contributed by atoms with Crippen molar-refractivity contribution in [1.82, 2.24) is 10.3 Å². The predicted molar refractivity (Wildman–Crippen MR) is 89.1 cm³/mol. The summed E-state index contributed by atoms with van der Waals surface area (Å²) in [6.45, 7) is 0.714. The molecule has 0 bridgehead atoms. The Kier molecular flexibility index (Phi) is 6.19. The molecule has 1 aromatic carbocycles. The molecule has 0 spiro atoms. The number of aromatic nitrogens is 1. The number of benzene rings is 1. The van der Waals surface area contributed by atoms with E-state index in [0.717, 1.165) is 5.56 Å². The SMILES string of the molecule is COc1cc(NC(=O)CNCc2cccnc2)c(OC)cc1Cl. The van der Waals surface area contributed by atoms with Gasteiger partial charge in [0, 0.05) is 31.1 Å². The Bertz CT molecular complexity index is 665. The van der Waals surface area contributed by atoms with Gasteiger partial charge in [0.05, 0.1) is 31.5 Å². The van der Waals surface area contributed by atoms with Crippen LogP contribution in [0.3, 0.4) is 0 Å². The van der Waals surface area contributed by atoms with Crippen molar-refractivity contribution in [2.45, 2.75) is 6.54 Å². The molecular weight excluding hydrogens is 318 g/mol. The van der Waals surface area contributed by atoms with Gasteiger partial charge in [-0.15, -0.1) is 0 Å². The summed E-state index contributed by atoms with van der Waals surface area (Å²) in [4.78, 5) is 16.1. The third-order valence-electron chi connectivity index (χ3n) is 3.09. The first-order valence-electron chi connectivity index (χ1n) is 6.95. The molecule has 2 N–H and O–H groups in total. The van der Waals surface area contributed by atoms with Crippen LogP contribution < -0.4 is 20.1 Å². The van der Waals surface area contributed by atoms with E-state index in [1.54, 1.807) is 24.5 Å². The standard InChI is InChI=1S/C16H18ClN3O3/c1-22-14-7-13(15(23-2)6-12(14)17)20-16(21)10-19-9-11-4-3-5-18-8-11/h3-8,19H,9-10H2,1-2H3,(H,20,21). The zero-order chi connectivity index (χ0) is 16.7. The number of carbonyl (C=O) groups excluding carboxylic acids is 1. The van der Waals surface area contributed by atoms with E-state index in [2.05, 4.69) is 15.6 Å². The molecule has 2 rings (SSSR count). The molecule has 0 saturated carbocycles. The largest absolute Gasteiger partial charge is 0.495 e. The van der Waals surface area contributed by atoms with Gasteiger partial charge in [-0.2, -0.15) is 0 Å². The monoisotopic (exact) mass is 335 g/mol. The van der Waals surface area contributed by atoms with Crippen molar-refractivity contribution in [2.75, 3.05) is 26.1 Å². The lowest BCUT2D eigenvalue weighted by molar-refractivity contribution is -0.115. The van der Waals surface area contributed by atoms with E-state index < -0.39 is 0 Å². The molecule has 23 heavy (non-hydrogen) atoms. The van der Waals surface area contributed by atoms with E-state index >= 15 is 0 Å². The van der Waals surface area contributed by atoms with Crippen LogP contribution in [-0.2, 0) is 11.3 Å². The fourth-order valence-corrected chi connectivity index (χ4v) is 2.21. The fraction of sp³-hybridized carbons (Fsp3) is 0.250. The molecule has 2 aromatic rings. The van der Waals surface area contributed by atoms with Crippen LogP contribution in [0.4, 0.5) is 5.69 Å². The maximum atomic E-state index is 12.0. The van der Waals surface area contributed by atoms with Crippen molar-refractivity contribution in [2.24, 2.45) is 0 Å². The fourth-order valence-electron chi connectivity index (χ4n) is 1.98. The van der Waals surface area contributed by atoms with Crippen LogP contribution in [0, 0.1) is 0 Å². The smallest absolute Gasteiger partial charge is 0.238 e. The van der Waals surface area contributed by atoms with E-state index in [-0.39, 0.29) is 12.5 Å². The van der Waals surface area contributed by atoms with Crippen molar-refractivity contribution < 1.29 is 14.3 Å². The second-order valence-corrected chi connectivity index (χ2v) is 5.11. The Hall–Kier alpha value is -2.31. The van der Waals surface area contributed by atoms with Gasteiger partial charge in [-0.05, 0) is 11.6 Å². The summed E-state index contributed by atoms with van der Waals surface area (Å²) in [5, 5.41) is 6.23. The van der Waals surface area contributed by atoms with E-state index in [0.29, 0.717) is 28.8 Å². The van der Waals surface area contributed by atoms with Gasteiger partial charge in [-0.1, -0.05) is 17.7 Å². The van der Waals surface area contributed by atoms with Gasteiger partial charge in [0.15, 0.2) is 0 Å². The minimum Gasteiger partial charge on any atom is -0.495 e. The van der Waals surface area contributed by atoms with Crippen molar-refractivity contribution in [3.8, 4) is 11.5 Å². The number of pyridine rings is 1. The molecule has 0 aliphatic rings. The third kappa shape index (κ3) is 4.84. The molecule has 0 aliphatic carbocycles. The highest BCUT2D eigenvalue weighted by Gasteiger charge is 2.12. The van der Waals surface area contributed by atoms with Gasteiger partial charge in [0.25, 0.3) is 0 Å². The quantitative estimate of drug-likeness (QED) is 0.813. The number of nitrogens with zero attached hydrogens (tertiary/aromatic N) is 1. The molecule has 7 heteroatoms. The zero-order valence-corrected chi connectivity index (χ0v) is 13.7. The second-order valence-electron chi connectivity index (χ2n) is 4.70. The van der Waals surface area contributed by atoms with Gasteiger partial charge in [-0.25, -0.2) is 0 Å². The molecular formula is C16H18ClN3O3. The van der Waals surface area contributed by atoms with Gasteiger partial charge in [0.2, 0.25) is 5.91 Å². The average Bonchev–Trinajstić information content (AvgIpc) is 2.57. The van der Waals surface area contributed by atoms with Crippen LogP contribution in [-0.4, -0.2) is 31.7 Å². The molecule has 0 radical (unpaired) electrons. The highest BCUT2D eigenvalue weighted by Crippen LogP contribution is 2.35. The summed E-state index contributed by atoms with van der Waals surface area (Å²) in [5.41, 5.74) is 1.51. The van der Waals surface area contributed by atoms with Crippen LogP contribution in [0.2, 0.25) is 5.02 Å². The number of hydrogen-bond acceptors (Lipinski definition) is 5. The summed E-state index contributed by atoms with van der Waals surface area (Å²) in [5.74, 6) is 0.735. The minimum absolute atomic E-state index is 0.156. The number of nitrogens with one attached hydrogen (secondary N) is 2. The third-order valence-corrected chi connectivity index (χ3v) is 3.38. The van der Waals surface area contributed by atoms with Crippen LogP contribution in [0.15, 0.2) is 36.7 Å². The number of ether oxygens (including phenoxy) is 2. The molecule has 122 valence electrons. The summed E-state index contributed by atoms with van der Waals surface area (Å²) >= 11 is 6.03. The Labute approximate surface area is 139 Å². The van der Waals surface area contributed by atoms with E-state index in [9.17, 15) is 4.79 Å². The summed E-state index contributed by atoms with van der Waals surface area (Å²) in [6, 6.07) is 7.01. The molecule has 0 aliphatic heterocycles. The Morgan fingerprint density at radius 2 is 2.04 bits per heavy atom. The lowest BCUT2D eigenvalue weighted by atomic mass is 10.2. The van der Waals surface area contributed by atoms with E-state index in [4.69, 9.17) is 21.1 Å². The van der Waals surface area contributed by atoms with Crippen molar-refractivity contribution >= 4 is 23.2 Å². The maximum Gasteiger partial charge on any atom is 0.238 e. The van der Waals surface area contributed by atoms with Crippen molar-refractivity contribution in [1.29, 1.82) is 0 Å². The molecule has 1 aromatic heterocycles. The van der Waals surface area contributed by atoms with Crippen LogP contribution in [0.5, 0.6) is 11.5 Å². The number of halogens is 1. The zero-order valence-electron chi connectivity index (χ0n) is 12.9. The van der Waals surface area contributed by atoms with Gasteiger partial charge in [-0.3, -0.25) is 9.78 Å². The molecule has 0 unspecified atom stereocenters. The number of carbonyl (C=O) groups is 1. The van der Waals surface area contributed by atoms with E-state index in [1.807, 2.05) is 12.1 Å². The maximum absolute atomic E-state index is 12.0. The number of rotatable bonds is 7. The number of amides is 1. The highest BCUT2D eigenvalue weighted by atomic mass is 35.5. The number of hydrogen-bond donors (Lipinski definition) is 2. The normalized spacial score (nSPS) is 10.2. The lowest BCUT2D eigenvalue weighted by Gasteiger charge is -2.13. The highest BCUT2D eigenvalue weighted by molar-refractivity contribution is 6.32.